The number of oxazole rings is 1. The lowest BCUT2D eigenvalue weighted by atomic mass is 10.4. The third kappa shape index (κ3) is 1.36. The molecule has 0 saturated carbocycles. The molecular formula is C8H7ClN2OS. The number of pyridine rings is 1. The van der Waals surface area contributed by atoms with Crippen LogP contribution in [0.15, 0.2) is 16.5 Å². The zero-order chi connectivity index (χ0) is 9.42. The fourth-order valence-electron chi connectivity index (χ4n) is 1.14. The Morgan fingerprint density at radius 2 is 2.38 bits per heavy atom. The Bertz CT molecular complexity index is 502. The summed E-state index contributed by atoms with van der Waals surface area (Å²) in [5.74, 6) is 0. The summed E-state index contributed by atoms with van der Waals surface area (Å²) in [6.07, 6.45) is 0. The number of fused-ring (bicyclic) bond motifs is 1. The van der Waals surface area contributed by atoms with Gasteiger partial charge in [0.15, 0.2) is 11.2 Å². The van der Waals surface area contributed by atoms with Gasteiger partial charge >= 0.3 is 0 Å². The third-order valence-corrected chi connectivity index (χ3v) is 2.31. The lowest BCUT2D eigenvalue weighted by Gasteiger charge is -1.95. The fraction of sp³-hybridized carbons (Fsp3) is 0.250. The second-order valence-corrected chi connectivity index (χ2v) is 3.28. The number of rotatable bonds is 1. The Balaban J connectivity index is 2.89. The van der Waals surface area contributed by atoms with Gasteiger partial charge in [-0.3, -0.25) is 4.57 Å². The first kappa shape index (κ1) is 8.72. The molecule has 0 saturated heterocycles. The molecule has 0 bridgehead atoms. The highest BCUT2D eigenvalue weighted by Gasteiger charge is 2.06. The zero-order valence-corrected chi connectivity index (χ0v) is 8.52. The molecule has 0 amide bonds. The fourth-order valence-corrected chi connectivity index (χ4v) is 1.68. The van der Waals surface area contributed by atoms with Crippen molar-refractivity contribution in [2.45, 2.75) is 12.9 Å². The second-order valence-electron chi connectivity index (χ2n) is 2.69. The van der Waals surface area contributed by atoms with E-state index >= 15 is 0 Å². The molecule has 2 heterocycles. The second kappa shape index (κ2) is 3.12. The number of halogens is 1. The van der Waals surface area contributed by atoms with Crippen molar-refractivity contribution in [1.29, 1.82) is 0 Å². The van der Waals surface area contributed by atoms with Crippen LogP contribution < -0.4 is 0 Å². The Kier molecular flexibility index (Phi) is 2.09. The highest BCUT2D eigenvalue weighted by atomic mass is 35.5. The van der Waals surface area contributed by atoms with Gasteiger partial charge in [0.1, 0.15) is 6.00 Å². The molecule has 2 aromatic rings. The lowest BCUT2D eigenvalue weighted by molar-refractivity contribution is 0.556. The number of hydrogen-bond donors (Lipinski definition) is 0. The van der Waals surface area contributed by atoms with Gasteiger partial charge < -0.3 is 4.42 Å². The maximum Gasteiger partial charge on any atom is 0.271 e. The Hall–Kier alpha value is -0.870. The van der Waals surface area contributed by atoms with Gasteiger partial charge in [0.05, 0.1) is 0 Å². The van der Waals surface area contributed by atoms with E-state index in [1.807, 2.05) is 19.1 Å². The molecule has 3 nitrogen and oxygen atoms in total. The van der Waals surface area contributed by atoms with Gasteiger partial charge in [-0.15, -0.1) is 11.6 Å². The van der Waals surface area contributed by atoms with Gasteiger partial charge in [0.25, 0.3) is 4.84 Å². The van der Waals surface area contributed by atoms with Crippen molar-refractivity contribution in [3.05, 3.63) is 22.7 Å². The molecule has 13 heavy (non-hydrogen) atoms. The van der Waals surface area contributed by atoms with Crippen LogP contribution in [0.1, 0.15) is 5.69 Å². The van der Waals surface area contributed by atoms with Crippen LogP contribution in [0.4, 0.5) is 0 Å². The minimum Gasteiger partial charge on any atom is -0.427 e. The molecule has 2 rings (SSSR count). The van der Waals surface area contributed by atoms with E-state index in [0.717, 1.165) is 5.69 Å². The molecule has 0 unspecified atom stereocenters. The maximum atomic E-state index is 5.70. The van der Waals surface area contributed by atoms with Gasteiger partial charge in [0, 0.05) is 5.69 Å². The summed E-state index contributed by atoms with van der Waals surface area (Å²) >= 11 is 10.7. The Labute approximate surface area is 84.9 Å². The molecule has 5 heteroatoms. The number of nitrogens with zero attached hydrogens (tertiary/aromatic N) is 2. The average Bonchev–Trinajstić information content (AvgIpc) is 2.40. The van der Waals surface area contributed by atoms with E-state index in [0.29, 0.717) is 16.1 Å². The van der Waals surface area contributed by atoms with Crippen molar-refractivity contribution in [2.75, 3.05) is 0 Å². The summed E-state index contributed by atoms with van der Waals surface area (Å²) in [4.78, 5) is 4.65. The van der Waals surface area contributed by atoms with Gasteiger partial charge in [0.2, 0.25) is 0 Å². The summed E-state index contributed by atoms with van der Waals surface area (Å²) in [6, 6.07) is 3.98. The van der Waals surface area contributed by atoms with Crippen molar-refractivity contribution < 1.29 is 4.42 Å². The zero-order valence-electron chi connectivity index (χ0n) is 6.95. The first-order chi connectivity index (χ1) is 6.22. The normalized spacial score (nSPS) is 10.9. The molecule has 0 aliphatic heterocycles. The molecular weight excluding hydrogens is 208 g/mol. The number of aryl methyl sites for hydroxylation is 1. The molecule has 68 valence electrons. The lowest BCUT2D eigenvalue weighted by Crippen LogP contribution is -1.93. The molecule has 0 aliphatic rings. The highest BCUT2D eigenvalue weighted by molar-refractivity contribution is 7.71. The number of aromatic nitrogens is 2. The maximum absolute atomic E-state index is 5.70. The number of hydrogen-bond acceptors (Lipinski definition) is 3. The molecule has 0 aromatic carbocycles. The SMILES string of the molecule is Cc1ccc2oc(=S)n(CCl)c2n1. The third-order valence-electron chi connectivity index (χ3n) is 1.77. The van der Waals surface area contributed by atoms with E-state index < -0.39 is 0 Å². The van der Waals surface area contributed by atoms with Gasteiger partial charge in [-0.2, -0.15) is 0 Å². The standard InChI is InChI=1S/C8H7ClN2OS/c1-5-2-3-6-7(10-5)11(4-9)8(13)12-6/h2-3H,4H2,1H3. The predicted molar refractivity (Wildman–Crippen MR) is 53.4 cm³/mol. The van der Waals surface area contributed by atoms with Crippen molar-refractivity contribution in [1.82, 2.24) is 9.55 Å². The van der Waals surface area contributed by atoms with Crippen molar-refractivity contribution in [2.24, 2.45) is 0 Å². The monoisotopic (exact) mass is 214 g/mol. The molecule has 0 radical (unpaired) electrons. The van der Waals surface area contributed by atoms with E-state index in [-0.39, 0.29) is 6.00 Å². The van der Waals surface area contributed by atoms with Crippen molar-refractivity contribution in [3.63, 3.8) is 0 Å². The predicted octanol–water partition coefficient (Wildman–Crippen LogP) is 2.86. The van der Waals surface area contributed by atoms with E-state index in [2.05, 4.69) is 4.98 Å². The van der Waals surface area contributed by atoms with E-state index in [1.54, 1.807) is 4.57 Å². The Morgan fingerprint density at radius 3 is 3.08 bits per heavy atom. The van der Waals surface area contributed by atoms with Gasteiger partial charge in [-0.05, 0) is 31.3 Å². The van der Waals surface area contributed by atoms with E-state index in [9.17, 15) is 0 Å². The summed E-state index contributed by atoms with van der Waals surface area (Å²) < 4.78 is 6.93. The van der Waals surface area contributed by atoms with Crippen LogP contribution in [0.3, 0.4) is 0 Å². The number of alkyl halides is 1. The van der Waals surface area contributed by atoms with E-state index in [4.69, 9.17) is 28.2 Å². The summed E-state index contributed by atoms with van der Waals surface area (Å²) in [7, 11) is 0. The van der Waals surface area contributed by atoms with Crippen molar-refractivity contribution in [3.8, 4) is 0 Å². The van der Waals surface area contributed by atoms with Gasteiger partial charge in [-0.25, -0.2) is 4.98 Å². The van der Waals surface area contributed by atoms with Gasteiger partial charge in [-0.1, -0.05) is 0 Å². The van der Waals surface area contributed by atoms with E-state index in [1.165, 1.54) is 0 Å². The van der Waals surface area contributed by atoms with Crippen LogP contribution in [-0.2, 0) is 6.00 Å². The molecule has 0 N–H and O–H groups in total. The minimum atomic E-state index is 0.266. The van der Waals surface area contributed by atoms with Crippen LogP contribution >= 0.6 is 23.8 Å². The molecule has 0 fully saturated rings. The Morgan fingerprint density at radius 1 is 1.62 bits per heavy atom. The van der Waals surface area contributed by atoms with Crippen molar-refractivity contribution >= 4 is 35.0 Å². The van der Waals surface area contributed by atoms with Crippen LogP contribution in [0, 0.1) is 11.8 Å². The molecule has 0 spiro atoms. The first-order valence-corrected chi connectivity index (χ1v) is 4.69. The minimum absolute atomic E-state index is 0.266. The smallest absolute Gasteiger partial charge is 0.271 e. The quantitative estimate of drug-likeness (QED) is 0.540. The van der Waals surface area contributed by atoms with Crippen LogP contribution in [0.25, 0.3) is 11.2 Å². The summed E-state index contributed by atoms with van der Waals surface area (Å²) in [6.45, 7) is 1.91. The summed E-state index contributed by atoms with van der Waals surface area (Å²) in [5.41, 5.74) is 2.30. The van der Waals surface area contributed by atoms with Crippen LogP contribution in [-0.4, -0.2) is 9.55 Å². The summed E-state index contributed by atoms with van der Waals surface area (Å²) in [5, 5.41) is 0. The van der Waals surface area contributed by atoms with Crippen LogP contribution in [0.5, 0.6) is 0 Å². The largest absolute Gasteiger partial charge is 0.427 e. The average molecular weight is 215 g/mol. The topological polar surface area (TPSA) is 31.0 Å². The first-order valence-electron chi connectivity index (χ1n) is 3.75. The highest BCUT2D eigenvalue weighted by Crippen LogP contribution is 2.16. The molecule has 0 atom stereocenters. The molecule has 0 aliphatic carbocycles. The van der Waals surface area contributed by atoms with Crippen LogP contribution in [0.2, 0.25) is 0 Å². The molecule has 2 aromatic heterocycles.